The molecule has 1 atom stereocenters. The van der Waals surface area contributed by atoms with Gasteiger partial charge in [0.2, 0.25) is 0 Å². The third kappa shape index (κ3) is 5.68. The van der Waals surface area contributed by atoms with Gasteiger partial charge < -0.3 is 9.42 Å². The average molecular weight is 221 g/mol. The molecule has 84 valence electrons. The van der Waals surface area contributed by atoms with E-state index in [0.29, 0.717) is 6.61 Å². The third-order valence-corrected chi connectivity index (χ3v) is 2.18. The largest absolute Gasteiger partial charge is 0.348 e. The minimum absolute atomic E-state index is 0.208. The van der Waals surface area contributed by atoms with Gasteiger partial charge in [0.05, 0.1) is 6.61 Å². The van der Waals surface area contributed by atoms with Crippen molar-refractivity contribution in [3.63, 3.8) is 0 Å². The van der Waals surface area contributed by atoms with Crippen molar-refractivity contribution in [3.05, 3.63) is 12.7 Å². The lowest BCUT2D eigenvalue weighted by Crippen LogP contribution is -2.35. The molecular weight excluding hydrogens is 201 g/mol. The van der Waals surface area contributed by atoms with E-state index in [9.17, 15) is 4.89 Å². The number of hydroxylamine groups is 2. The lowest BCUT2D eigenvalue weighted by molar-refractivity contribution is -0.120. The van der Waals surface area contributed by atoms with Crippen LogP contribution < -0.4 is 0 Å². The van der Waals surface area contributed by atoms with Crippen LogP contribution in [0.5, 0.6) is 0 Å². The predicted molar refractivity (Wildman–Crippen MR) is 58.5 cm³/mol. The van der Waals surface area contributed by atoms with Crippen LogP contribution >= 0.6 is 8.60 Å². The fourth-order valence-electron chi connectivity index (χ4n) is 1.01. The van der Waals surface area contributed by atoms with Crippen LogP contribution in [0.1, 0.15) is 27.7 Å². The van der Waals surface area contributed by atoms with Crippen LogP contribution in [0.4, 0.5) is 0 Å². The summed E-state index contributed by atoms with van der Waals surface area (Å²) in [5.74, 6) is 0. The Morgan fingerprint density at radius 2 is 1.86 bits per heavy atom. The van der Waals surface area contributed by atoms with Gasteiger partial charge in [-0.25, -0.2) is 4.62 Å². The molecule has 1 unspecified atom stereocenters. The zero-order valence-corrected chi connectivity index (χ0v) is 10.2. The van der Waals surface area contributed by atoms with E-state index in [1.165, 1.54) is 0 Å². The Kier molecular flexibility index (Phi) is 7.33. The summed E-state index contributed by atoms with van der Waals surface area (Å²) < 4.78 is 10.2. The maximum Gasteiger partial charge on any atom is 0.348 e. The zero-order valence-electron chi connectivity index (χ0n) is 9.30. The molecule has 0 aliphatic carbocycles. The maximum absolute atomic E-state index is 9.38. The van der Waals surface area contributed by atoms with Gasteiger partial charge in [0.15, 0.2) is 0 Å². The summed E-state index contributed by atoms with van der Waals surface area (Å²) in [6.45, 7) is 11.8. The van der Waals surface area contributed by atoms with E-state index in [-0.39, 0.29) is 12.1 Å². The molecule has 0 bridgehead atoms. The third-order valence-electron chi connectivity index (χ3n) is 1.48. The van der Waals surface area contributed by atoms with Crippen LogP contribution in [-0.4, -0.2) is 28.6 Å². The van der Waals surface area contributed by atoms with Gasteiger partial charge in [-0.1, -0.05) is 6.08 Å². The highest BCUT2D eigenvalue weighted by atomic mass is 31.2. The molecule has 14 heavy (non-hydrogen) atoms. The number of nitrogens with zero attached hydrogens (tertiary/aromatic N) is 1. The van der Waals surface area contributed by atoms with Crippen molar-refractivity contribution in [1.82, 2.24) is 5.06 Å². The summed E-state index contributed by atoms with van der Waals surface area (Å²) in [6, 6.07) is 0.416. The van der Waals surface area contributed by atoms with E-state index in [1.54, 1.807) is 11.1 Å². The highest BCUT2D eigenvalue weighted by Gasteiger charge is 2.19. The second kappa shape index (κ2) is 7.32. The van der Waals surface area contributed by atoms with Gasteiger partial charge >= 0.3 is 8.60 Å². The Balaban J connectivity index is 3.96. The topological polar surface area (TPSA) is 41.9 Å². The second-order valence-electron chi connectivity index (χ2n) is 3.45. The number of hydrogen-bond donors (Lipinski definition) is 1. The molecule has 0 spiro atoms. The van der Waals surface area contributed by atoms with Gasteiger partial charge in [-0.3, -0.25) is 0 Å². The molecule has 0 rings (SSSR count). The summed E-state index contributed by atoms with van der Waals surface area (Å²) in [4.78, 5) is 9.38. The summed E-state index contributed by atoms with van der Waals surface area (Å²) in [5.41, 5.74) is 0. The quantitative estimate of drug-likeness (QED) is 0.407. The zero-order chi connectivity index (χ0) is 11.1. The standard InChI is InChI=1S/C9H20NO3P/c1-6-7-12-14(11)13-10(8(2)3)9(4)5/h6,8-9,11H,1,7H2,2-5H3. The molecule has 0 aliphatic heterocycles. The summed E-state index contributed by atoms with van der Waals surface area (Å²) in [6.07, 6.45) is 1.57. The number of hydrogen-bond acceptors (Lipinski definition) is 4. The number of rotatable bonds is 7. The first-order valence-electron chi connectivity index (χ1n) is 4.68. The lowest BCUT2D eigenvalue weighted by Gasteiger charge is -2.29. The van der Waals surface area contributed by atoms with Crippen molar-refractivity contribution in [2.75, 3.05) is 6.61 Å². The van der Waals surface area contributed by atoms with Gasteiger partial charge in [0.1, 0.15) is 0 Å². The van der Waals surface area contributed by atoms with E-state index in [2.05, 4.69) is 6.58 Å². The Morgan fingerprint density at radius 3 is 2.21 bits per heavy atom. The van der Waals surface area contributed by atoms with Crippen molar-refractivity contribution >= 4 is 8.60 Å². The fraction of sp³-hybridized carbons (Fsp3) is 0.778. The first-order chi connectivity index (χ1) is 6.49. The molecule has 1 N–H and O–H groups in total. The van der Waals surface area contributed by atoms with Crippen molar-refractivity contribution < 1.29 is 14.0 Å². The molecule has 0 saturated carbocycles. The molecule has 0 fully saturated rings. The molecule has 4 nitrogen and oxygen atoms in total. The Hall–Kier alpha value is 0.0100. The maximum atomic E-state index is 9.38. The normalized spacial score (nSPS) is 14.0. The smallest absolute Gasteiger partial charge is 0.327 e. The molecule has 0 radical (unpaired) electrons. The van der Waals surface area contributed by atoms with Crippen LogP contribution in [0, 0.1) is 0 Å². The van der Waals surface area contributed by atoms with Gasteiger partial charge in [-0.2, -0.15) is 5.06 Å². The van der Waals surface area contributed by atoms with E-state index in [4.69, 9.17) is 9.15 Å². The molecule has 5 heteroatoms. The van der Waals surface area contributed by atoms with Crippen LogP contribution in [0.15, 0.2) is 12.7 Å². The molecular formula is C9H20NO3P. The lowest BCUT2D eigenvalue weighted by atomic mass is 10.3. The Bertz CT molecular complexity index is 156. The average Bonchev–Trinajstić information content (AvgIpc) is 2.09. The van der Waals surface area contributed by atoms with Crippen molar-refractivity contribution in [2.24, 2.45) is 0 Å². The van der Waals surface area contributed by atoms with Crippen LogP contribution in [-0.2, 0) is 9.15 Å². The fourth-order valence-corrected chi connectivity index (χ4v) is 1.82. The molecule has 0 aromatic rings. The minimum atomic E-state index is -1.84. The second-order valence-corrected chi connectivity index (χ2v) is 4.35. The van der Waals surface area contributed by atoms with Gasteiger partial charge in [0, 0.05) is 12.1 Å². The van der Waals surface area contributed by atoms with Gasteiger partial charge in [0.25, 0.3) is 0 Å². The SMILES string of the molecule is C=CCOP(O)ON(C(C)C)C(C)C. The predicted octanol–water partition coefficient (Wildman–Crippen LogP) is 2.46. The summed E-state index contributed by atoms with van der Waals surface area (Å²) in [5, 5.41) is 1.72. The highest BCUT2D eigenvalue weighted by molar-refractivity contribution is 7.40. The molecule has 0 aromatic heterocycles. The van der Waals surface area contributed by atoms with Crippen molar-refractivity contribution in [3.8, 4) is 0 Å². The Labute approximate surface area is 87.5 Å². The van der Waals surface area contributed by atoms with Gasteiger partial charge in [-0.15, -0.1) is 6.58 Å². The monoisotopic (exact) mass is 221 g/mol. The molecule has 0 aliphatic rings. The molecule has 0 heterocycles. The molecule has 0 saturated heterocycles. The van der Waals surface area contributed by atoms with E-state index in [1.807, 2.05) is 27.7 Å². The van der Waals surface area contributed by atoms with Gasteiger partial charge in [-0.05, 0) is 27.7 Å². The van der Waals surface area contributed by atoms with Crippen molar-refractivity contribution in [2.45, 2.75) is 39.8 Å². The van der Waals surface area contributed by atoms with E-state index >= 15 is 0 Å². The van der Waals surface area contributed by atoms with E-state index < -0.39 is 8.60 Å². The van der Waals surface area contributed by atoms with Crippen LogP contribution in [0.2, 0.25) is 0 Å². The molecule has 0 aromatic carbocycles. The minimum Gasteiger partial charge on any atom is -0.327 e. The first kappa shape index (κ1) is 14.0. The first-order valence-corrected chi connectivity index (χ1v) is 5.81. The van der Waals surface area contributed by atoms with Crippen LogP contribution in [0.3, 0.4) is 0 Å². The van der Waals surface area contributed by atoms with Crippen LogP contribution in [0.25, 0.3) is 0 Å². The van der Waals surface area contributed by atoms with Crippen molar-refractivity contribution in [1.29, 1.82) is 0 Å². The highest BCUT2D eigenvalue weighted by Crippen LogP contribution is 2.35. The van der Waals surface area contributed by atoms with E-state index in [0.717, 1.165) is 0 Å². The summed E-state index contributed by atoms with van der Waals surface area (Å²) >= 11 is 0. The Morgan fingerprint density at radius 1 is 1.36 bits per heavy atom. The molecule has 0 amide bonds. The summed E-state index contributed by atoms with van der Waals surface area (Å²) in [7, 11) is -1.84.